The third-order valence-electron chi connectivity index (χ3n) is 5.72. The van der Waals surface area contributed by atoms with E-state index in [9.17, 15) is 17.6 Å². The number of alkyl halides is 3. The molecule has 1 saturated heterocycles. The van der Waals surface area contributed by atoms with E-state index >= 15 is 0 Å². The molecule has 0 aliphatic carbocycles. The van der Waals surface area contributed by atoms with E-state index in [1.165, 1.54) is 18.3 Å². The third-order valence-corrected chi connectivity index (χ3v) is 5.72. The Balaban J connectivity index is 0.00000233. The van der Waals surface area contributed by atoms with E-state index in [1.54, 1.807) is 12.3 Å². The van der Waals surface area contributed by atoms with Crippen molar-refractivity contribution in [1.82, 2.24) is 10.3 Å². The molecule has 0 spiro atoms. The van der Waals surface area contributed by atoms with Crippen LogP contribution in [0.25, 0.3) is 0 Å². The number of nitrogens with zero attached hydrogens (tertiary/aromatic N) is 1. The summed E-state index contributed by atoms with van der Waals surface area (Å²) in [5.41, 5.74) is 1.58. The molecule has 2 unspecified atom stereocenters. The largest absolute Gasteiger partial charge is 0.573 e. The lowest BCUT2D eigenvalue weighted by Gasteiger charge is -2.21. The number of ether oxygens (including phenoxy) is 1. The molecule has 1 aliphatic rings. The highest BCUT2D eigenvalue weighted by Gasteiger charge is 2.63. The van der Waals surface area contributed by atoms with E-state index in [2.05, 4.69) is 35.5 Å². The standard InChI is InChI=1S/C22H28F4N2O.C2H6/c1-5-19(29-22(24,25)26)9-8-16(4)10-11-20(6-2)21(7-3,28-20)13-17-12-18(23)15-27-14-17;1-2/h5,8-9,12,14-15,28H,1,6-7,10-11,13H2,2-4H3;1-2H3/b16-8+,19-9+;. The van der Waals surface area contributed by atoms with Crippen LogP contribution in [0.3, 0.4) is 0 Å². The van der Waals surface area contributed by atoms with Gasteiger partial charge in [0, 0.05) is 17.3 Å². The Morgan fingerprint density at radius 1 is 1.16 bits per heavy atom. The van der Waals surface area contributed by atoms with Gasteiger partial charge in [-0.3, -0.25) is 4.98 Å². The molecule has 0 radical (unpaired) electrons. The molecule has 0 bridgehead atoms. The van der Waals surface area contributed by atoms with Crippen molar-refractivity contribution in [3.8, 4) is 0 Å². The van der Waals surface area contributed by atoms with Crippen LogP contribution in [0.15, 0.2) is 54.6 Å². The summed E-state index contributed by atoms with van der Waals surface area (Å²) < 4.78 is 54.4. The van der Waals surface area contributed by atoms with Gasteiger partial charge in [-0.15, -0.1) is 13.2 Å². The van der Waals surface area contributed by atoms with Crippen LogP contribution in [0.1, 0.15) is 65.9 Å². The molecule has 31 heavy (non-hydrogen) atoms. The second-order valence-electron chi connectivity index (χ2n) is 7.52. The zero-order valence-electron chi connectivity index (χ0n) is 19.1. The normalized spacial score (nSPS) is 23.6. The van der Waals surface area contributed by atoms with Gasteiger partial charge in [-0.1, -0.05) is 45.9 Å². The predicted octanol–water partition coefficient (Wildman–Crippen LogP) is 7.02. The topological polar surface area (TPSA) is 44.1 Å². The first-order chi connectivity index (χ1) is 14.6. The number of rotatable bonds is 10. The van der Waals surface area contributed by atoms with Gasteiger partial charge in [0.25, 0.3) is 0 Å². The molecule has 1 aromatic rings. The van der Waals surface area contributed by atoms with Crippen molar-refractivity contribution in [3.63, 3.8) is 0 Å². The number of nitrogens with one attached hydrogen (secondary N) is 1. The van der Waals surface area contributed by atoms with Gasteiger partial charge in [-0.2, -0.15) is 0 Å². The Kier molecular flexibility index (Phi) is 9.94. The molecule has 174 valence electrons. The second-order valence-corrected chi connectivity index (χ2v) is 7.52. The summed E-state index contributed by atoms with van der Waals surface area (Å²) in [6.07, 6.45) is 6.11. The second kappa shape index (κ2) is 11.5. The summed E-state index contributed by atoms with van der Waals surface area (Å²) in [5, 5.41) is 3.64. The first-order valence-corrected chi connectivity index (χ1v) is 10.7. The Morgan fingerprint density at radius 3 is 2.32 bits per heavy atom. The molecule has 1 aliphatic heterocycles. The van der Waals surface area contributed by atoms with Crippen molar-refractivity contribution < 1.29 is 22.3 Å². The minimum absolute atomic E-state index is 0.0867. The Morgan fingerprint density at radius 2 is 1.81 bits per heavy atom. The summed E-state index contributed by atoms with van der Waals surface area (Å²) in [6.45, 7) is 13.4. The van der Waals surface area contributed by atoms with Crippen LogP contribution in [-0.4, -0.2) is 22.4 Å². The van der Waals surface area contributed by atoms with Gasteiger partial charge >= 0.3 is 6.36 Å². The molecule has 0 amide bonds. The Labute approximate surface area is 183 Å². The minimum atomic E-state index is -4.74. The van der Waals surface area contributed by atoms with E-state index in [0.29, 0.717) is 6.42 Å². The molecule has 1 N–H and O–H groups in total. The molecular weight excluding hydrogens is 408 g/mol. The fourth-order valence-corrected chi connectivity index (χ4v) is 3.99. The highest BCUT2D eigenvalue weighted by atomic mass is 19.4. The molecule has 0 aromatic carbocycles. The molecule has 2 atom stereocenters. The lowest BCUT2D eigenvalue weighted by atomic mass is 9.80. The fourth-order valence-electron chi connectivity index (χ4n) is 3.99. The number of halogens is 4. The molecule has 2 rings (SSSR count). The Hall–Kier alpha value is -2.15. The molecule has 7 heteroatoms. The van der Waals surface area contributed by atoms with Crippen LogP contribution >= 0.6 is 0 Å². The lowest BCUT2D eigenvalue weighted by molar-refractivity contribution is -0.303. The number of hydrogen-bond acceptors (Lipinski definition) is 3. The average molecular weight is 443 g/mol. The van der Waals surface area contributed by atoms with Crippen LogP contribution in [0.2, 0.25) is 0 Å². The van der Waals surface area contributed by atoms with Crippen molar-refractivity contribution in [1.29, 1.82) is 0 Å². The number of aromatic nitrogens is 1. The fraction of sp³-hybridized carbons (Fsp3) is 0.542. The molecule has 1 fully saturated rings. The lowest BCUT2D eigenvalue weighted by Crippen LogP contribution is -2.27. The van der Waals surface area contributed by atoms with E-state index < -0.39 is 6.36 Å². The molecule has 3 nitrogen and oxygen atoms in total. The monoisotopic (exact) mass is 442 g/mol. The van der Waals surface area contributed by atoms with Gasteiger partial charge in [-0.05, 0) is 62.8 Å². The summed E-state index contributed by atoms with van der Waals surface area (Å²) in [5.74, 6) is -0.686. The minimum Gasteiger partial charge on any atom is -0.406 e. The zero-order valence-corrected chi connectivity index (χ0v) is 19.1. The SMILES string of the molecule is C=C/C(=C\C=C(/C)CCC1(CC)NC1(CC)Cc1cncc(F)c1)OC(F)(F)F.CC. The van der Waals surface area contributed by atoms with Crippen molar-refractivity contribution in [3.05, 3.63) is 66.0 Å². The van der Waals surface area contributed by atoms with Gasteiger partial charge in [0.15, 0.2) is 0 Å². The van der Waals surface area contributed by atoms with Gasteiger partial charge in [0.1, 0.15) is 11.6 Å². The van der Waals surface area contributed by atoms with E-state index in [4.69, 9.17) is 0 Å². The van der Waals surface area contributed by atoms with Crippen LogP contribution in [0, 0.1) is 5.82 Å². The van der Waals surface area contributed by atoms with Crippen LogP contribution in [-0.2, 0) is 11.2 Å². The van der Waals surface area contributed by atoms with E-state index in [-0.39, 0.29) is 22.7 Å². The van der Waals surface area contributed by atoms with Crippen molar-refractivity contribution in [2.45, 2.75) is 84.2 Å². The molecule has 1 aromatic heterocycles. The molecule has 0 saturated carbocycles. The maximum absolute atomic E-state index is 13.5. The van der Waals surface area contributed by atoms with E-state index in [1.807, 2.05) is 20.8 Å². The number of pyridine rings is 1. The smallest absolute Gasteiger partial charge is 0.406 e. The molecule has 2 heterocycles. The van der Waals surface area contributed by atoms with Gasteiger partial charge in [-0.25, -0.2) is 4.39 Å². The molecular formula is C24H34F4N2O. The summed E-state index contributed by atoms with van der Waals surface area (Å²) in [6, 6.07) is 1.51. The summed E-state index contributed by atoms with van der Waals surface area (Å²) in [4.78, 5) is 3.93. The van der Waals surface area contributed by atoms with E-state index in [0.717, 1.165) is 42.9 Å². The van der Waals surface area contributed by atoms with Gasteiger partial charge in [0.05, 0.1) is 6.20 Å². The first kappa shape index (κ1) is 26.9. The summed E-state index contributed by atoms with van der Waals surface area (Å²) >= 11 is 0. The van der Waals surface area contributed by atoms with Crippen molar-refractivity contribution in [2.24, 2.45) is 0 Å². The Bertz CT molecular complexity index is 788. The maximum Gasteiger partial charge on any atom is 0.573 e. The van der Waals surface area contributed by atoms with Crippen LogP contribution in [0.5, 0.6) is 0 Å². The predicted molar refractivity (Wildman–Crippen MR) is 117 cm³/mol. The van der Waals surface area contributed by atoms with Gasteiger partial charge in [0.2, 0.25) is 0 Å². The zero-order chi connectivity index (χ0) is 23.7. The number of hydrogen-bond donors (Lipinski definition) is 1. The van der Waals surface area contributed by atoms with Crippen molar-refractivity contribution in [2.75, 3.05) is 0 Å². The number of allylic oxidation sites excluding steroid dienone is 4. The first-order valence-electron chi connectivity index (χ1n) is 10.7. The summed E-state index contributed by atoms with van der Waals surface area (Å²) in [7, 11) is 0. The van der Waals surface area contributed by atoms with Crippen LogP contribution < -0.4 is 5.32 Å². The third kappa shape index (κ3) is 7.49. The average Bonchev–Trinajstić information content (AvgIpc) is 3.37. The maximum atomic E-state index is 13.5. The highest BCUT2D eigenvalue weighted by molar-refractivity contribution is 5.31. The van der Waals surface area contributed by atoms with Crippen LogP contribution in [0.4, 0.5) is 17.6 Å². The highest BCUT2D eigenvalue weighted by Crippen LogP contribution is 2.49. The quantitative estimate of drug-likeness (QED) is 0.183. The van der Waals surface area contributed by atoms with Crippen molar-refractivity contribution >= 4 is 0 Å². The van der Waals surface area contributed by atoms with Gasteiger partial charge < -0.3 is 10.1 Å².